The Morgan fingerprint density at radius 3 is 3.09 bits per heavy atom. The van der Waals surface area contributed by atoms with E-state index >= 15 is 0 Å². The summed E-state index contributed by atoms with van der Waals surface area (Å²) < 4.78 is 0. The quantitative estimate of drug-likeness (QED) is 0.797. The Morgan fingerprint density at radius 1 is 1.41 bits per heavy atom. The number of nitrogens with one attached hydrogen (secondary N) is 3. The van der Waals surface area contributed by atoms with Crippen LogP contribution in [0.2, 0.25) is 0 Å². The van der Waals surface area contributed by atoms with Crippen LogP contribution in [0.3, 0.4) is 0 Å². The molecule has 0 radical (unpaired) electrons. The molecule has 6 heteroatoms. The highest BCUT2D eigenvalue weighted by Crippen LogP contribution is 2.57. The molecule has 22 heavy (non-hydrogen) atoms. The number of anilines is 1. The molecule has 4 rings (SSSR count). The van der Waals surface area contributed by atoms with Gasteiger partial charge in [0.25, 0.3) is 0 Å². The summed E-state index contributed by atoms with van der Waals surface area (Å²) in [6.07, 6.45) is 9.66. The van der Waals surface area contributed by atoms with Crippen LogP contribution in [0.4, 0.5) is 10.6 Å². The number of aromatic amines is 1. The molecule has 2 amide bonds. The molecule has 3 N–H and O–H groups in total. The molecule has 2 aromatic rings. The maximum absolute atomic E-state index is 12.2. The van der Waals surface area contributed by atoms with E-state index in [1.54, 1.807) is 12.4 Å². The average molecular weight is 299 g/mol. The molecule has 2 aliphatic carbocycles. The van der Waals surface area contributed by atoms with Crippen molar-refractivity contribution in [3.8, 4) is 0 Å². The van der Waals surface area contributed by atoms with Gasteiger partial charge in [-0.05, 0) is 49.5 Å². The first kappa shape index (κ1) is 13.5. The van der Waals surface area contributed by atoms with Gasteiger partial charge in [0.2, 0.25) is 0 Å². The Kier molecular flexibility index (Phi) is 3.06. The van der Waals surface area contributed by atoms with Crippen LogP contribution < -0.4 is 10.6 Å². The van der Waals surface area contributed by atoms with Crippen molar-refractivity contribution in [3.05, 3.63) is 18.5 Å². The fraction of sp³-hybridized carbons (Fsp3) is 0.562. The maximum atomic E-state index is 12.2. The van der Waals surface area contributed by atoms with Crippen molar-refractivity contribution >= 4 is 23.0 Å². The summed E-state index contributed by atoms with van der Waals surface area (Å²) >= 11 is 0. The summed E-state index contributed by atoms with van der Waals surface area (Å²) in [5.74, 6) is 1.02. The number of carbonyl (C=O) groups excluding carboxylic acids is 1. The summed E-state index contributed by atoms with van der Waals surface area (Å²) in [4.78, 5) is 23.8. The highest BCUT2D eigenvalue weighted by molar-refractivity contribution is 5.89. The Balaban J connectivity index is 1.41. The maximum Gasteiger partial charge on any atom is 0.320 e. The smallest absolute Gasteiger partial charge is 0.320 e. The lowest BCUT2D eigenvalue weighted by atomic mass is 9.77. The number of carbonyl (C=O) groups is 1. The molecule has 0 bridgehead atoms. The zero-order valence-electron chi connectivity index (χ0n) is 12.7. The number of H-pyrrole nitrogens is 1. The van der Waals surface area contributed by atoms with Crippen LogP contribution in [-0.4, -0.2) is 27.0 Å². The largest absolute Gasteiger partial charge is 0.345 e. The van der Waals surface area contributed by atoms with Crippen molar-refractivity contribution < 1.29 is 4.79 Å². The Labute approximate surface area is 129 Å². The normalized spacial score (nSPS) is 26.0. The second kappa shape index (κ2) is 4.97. The lowest BCUT2D eigenvalue weighted by molar-refractivity contribution is 0.198. The monoisotopic (exact) mass is 299 g/mol. The van der Waals surface area contributed by atoms with Crippen LogP contribution in [0.5, 0.6) is 0 Å². The number of rotatable bonds is 2. The Morgan fingerprint density at radius 2 is 2.27 bits per heavy atom. The molecule has 116 valence electrons. The molecule has 2 aromatic heterocycles. The first-order chi connectivity index (χ1) is 10.6. The van der Waals surface area contributed by atoms with Crippen molar-refractivity contribution in [1.29, 1.82) is 0 Å². The van der Waals surface area contributed by atoms with Gasteiger partial charge in [-0.25, -0.2) is 14.8 Å². The van der Waals surface area contributed by atoms with Crippen LogP contribution in [0.25, 0.3) is 11.2 Å². The first-order valence-corrected chi connectivity index (χ1v) is 8.01. The van der Waals surface area contributed by atoms with Crippen LogP contribution in [0, 0.1) is 11.3 Å². The zero-order chi connectivity index (χ0) is 15.2. The number of aromatic nitrogens is 3. The molecule has 2 fully saturated rings. The van der Waals surface area contributed by atoms with E-state index in [2.05, 4.69) is 32.5 Å². The van der Waals surface area contributed by atoms with Gasteiger partial charge in [-0.15, -0.1) is 0 Å². The average Bonchev–Trinajstić information content (AvgIpc) is 3.07. The number of nitrogens with zero attached hydrogens (tertiary/aromatic N) is 2. The van der Waals surface area contributed by atoms with Gasteiger partial charge in [-0.3, -0.25) is 5.32 Å². The second-order valence-electron chi connectivity index (χ2n) is 6.89. The molecule has 2 aliphatic rings. The van der Waals surface area contributed by atoms with E-state index in [9.17, 15) is 4.79 Å². The van der Waals surface area contributed by atoms with Gasteiger partial charge < -0.3 is 10.3 Å². The summed E-state index contributed by atoms with van der Waals surface area (Å²) in [5.41, 5.74) is 2.01. The Hall–Kier alpha value is -2.11. The van der Waals surface area contributed by atoms with Gasteiger partial charge in [-0.2, -0.15) is 0 Å². The van der Waals surface area contributed by atoms with Crippen molar-refractivity contribution in [2.75, 3.05) is 5.32 Å². The molecule has 2 atom stereocenters. The fourth-order valence-corrected chi connectivity index (χ4v) is 3.54. The fourth-order valence-electron chi connectivity index (χ4n) is 3.54. The first-order valence-electron chi connectivity index (χ1n) is 8.01. The minimum Gasteiger partial charge on any atom is -0.345 e. The van der Waals surface area contributed by atoms with Crippen LogP contribution in [0.15, 0.2) is 18.5 Å². The van der Waals surface area contributed by atoms with Crippen LogP contribution >= 0.6 is 0 Å². The summed E-state index contributed by atoms with van der Waals surface area (Å²) in [7, 11) is 0. The lowest BCUT2D eigenvalue weighted by Crippen LogP contribution is -2.45. The van der Waals surface area contributed by atoms with E-state index in [4.69, 9.17) is 0 Å². The number of amides is 2. The molecule has 2 saturated carbocycles. The molecule has 0 unspecified atom stereocenters. The minimum absolute atomic E-state index is 0.182. The molecule has 2 heterocycles. The zero-order valence-corrected chi connectivity index (χ0v) is 12.7. The van der Waals surface area contributed by atoms with E-state index in [1.807, 2.05) is 6.07 Å². The van der Waals surface area contributed by atoms with E-state index in [0.717, 1.165) is 17.6 Å². The number of hydrogen-bond donors (Lipinski definition) is 3. The van der Waals surface area contributed by atoms with Gasteiger partial charge in [0, 0.05) is 12.2 Å². The molecule has 0 saturated heterocycles. The lowest BCUT2D eigenvalue weighted by Gasteiger charge is -2.35. The number of hydrogen-bond acceptors (Lipinski definition) is 3. The predicted octanol–water partition coefficient (Wildman–Crippen LogP) is 3.05. The van der Waals surface area contributed by atoms with Crippen LogP contribution in [0.1, 0.15) is 39.0 Å². The van der Waals surface area contributed by atoms with E-state index in [0.29, 0.717) is 17.2 Å². The van der Waals surface area contributed by atoms with Crippen molar-refractivity contribution in [2.24, 2.45) is 11.3 Å². The third kappa shape index (κ3) is 2.53. The van der Waals surface area contributed by atoms with Crippen LogP contribution in [-0.2, 0) is 0 Å². The van der Waals surface area contributed by atoms with Crippen molar-refractivity contribution in [3.63, 3.8) is 0 Å². The molecular weight excluding hydrogens is 278 g/mol. The molecular formula is C16H21N5O. The van der Waals surface area contributed by atoms with Gasteiger partial charge in [0.15, 0.2) is 11.5 Å². The Bertz CT molecular complexity index is 705. The van der Waals surface area contributed by atoms with Gasteiger partial charge >= 0.3 is 6.03 Å². The molecule has 6 nitrogen and oxygen atoms in total. The second-order valence-corrected chi connectivity index (χ2v) is 6.89. The highest BCUT2D eigenvalue weighted by Gasteiger charge is 2.47. The summed E-state index contributed by atoms with van der Waals surface area (Å²) in [6.45, 7) is 2.23. The predicted molar refractivity (Wildman–Crippen MR) is 84.5 cm³/mol. The third-order valence-corrected chi connectivity index (χ3v) is 5.25. The SMILES string of the molecule is C[C@@H]1CCC2(CC2)C[C@@H]1NC(=O)Nc1cnc2[nH]ccc2n1. The molecule has 0 aliphatic heterocycles. The third-order valence-electron chi connectivity index (χ3n) is 5.25. The van der Waals surface area contributed by atoms with Crippen molar-refractivity contribution in [2.45, 2.75) is 45.1 Å². The number of fused-ring (bicyclic) bond motifs is 1. The highest BCUT2D eigenvalue weighted by atomic mass is 16.2. The topological polar surface area (TPSA) is 82.7 Å². The number of urea groups is 1. The van der Waals surface area contributed by atoms with E-state index in [-0.39, 0.29) is 12.1 Å². The van der Waals surface area contributed by atoms with E-state index in [1.165, 1.54) is 25.7 Å². The van der Waals surface area contributed by atoms with E-state index < -0.39 is 0 Å². The standard InChI is InChI=1S/C16H21N5O/c1-10-2-4-16(5-6-16)8-12(10)20-15(22)21-13-9-18-14-11(19-13)3-7-17-14/h3,7,9-10,12H,2,4-6,8H2,1H3,(H,17,18)(H2,19,20,21,22)/t10-,12+/m1/s1. The van der Waals surface area contributed by atoms with Crippen molar-refractivity contribution in [1.82, 2.24) is 20.3 Å². The minimum atomic E-state index is -0.182. The van der Waals surface area contributed by atoms with Gasteiger partial charge in [0.05, 0.1) is 6.20 Å². The summed E-state index contributed by atoms with van der Waals surface area (Å²) in [5, 5.41) is 5.93. The molecule has 1 spiro atoms. The summed E-state index contributed by atoms with van der Waals surface area (Å²) in [6, 6.07) is 1.92. The van der Waals surface area contributed by atoms with Gasteiger partial charge in [-0.1, -0.05) is 6.92 Å². The van der Waals surface area contributed by atoms with Gasteiger partial charge in [0.1, 0.15) is 5.52 Å². The molecule has 0 aromatic carbocycles.